The lowest BCUT2D eigenvalue weighted by atomic mass is 10.1. The number of benzene rings is 1. The summed E-state index contributed by atoms with van der Waals surface area (Å²) in [6.45, 7) is 4.84. The van der Waals surface area contributed by atoms with Crippen molar-refractivity contribution in [3.05, 3.63) is 23.8 Å². The van der Waals surface area contributed by atoms with E-state index in [-0.39, 0.29) is 19.2 Å². The number of carbonyl (C=O) groups excluding carboxylic acids is 1. The second-order valence-corrected chi connectivity index (χ2v) is 6.80. The van der Waals surface area contributed by atoms with Crippen LogP contribution in [0.15, 0.2) is 18.2 Å². The van der Waals surface area contributed by atoms with Gasteiger partial charge in [-0.2, -0.15) is 0 Å². The summed E-state index contributed by atoms with van der Waals surface area (Å²) in [5, 5.41) is 2.72. The van der Waals surface area contributed by atoms with Crippen molar-refractivity contribution in [3.63, 3.8) is 0 Å². The Morgan fingerprint density at radius 1 is 1.42 bits per heavy atom. The maximum atomic E-state index is 13.7. The van der Waals surface area contributed by atoms with Crippen LogP contribution in [0.4, 0.5) is 9.18 Å². The fourth-order valence-corrected chi connectivity index (χ4v) is 2.99. The monoisotopic (exact) mass is 338 g/mol. The number of halogens is 1. The highest BCUT2D eigenvalue weighted by molar-refractivity contribution is 5.75. The van der Waals surface area contributed by atoms with Crippen molar-refractivity contribution in [3.8, 4) is 11.5 Å². The standard InChI is InChI=1S/C17H23FN2O4/c1-17(2)10-20(16(21)19-14-9-23-8-13(14)18)7-11-4-5-12(22-3)6-15(11)24-17/h4-6,13-14H,7-10H2,1-3H3,(H,19,21)/t13-,14-/m1/s1. The van der Waals surface area contributed by atoms with E-state index in [1.165, 1.54) is 0 Å². The van der Waals surface area contributed by atoms with Gasteiger partial charge in [-0.1, -0.05) is 0 Å². The molecule has 2 amide bonds. The molecule has 6 nitrogen and oxygen atoms in total. The second-order valence-electron chi connectivity index (χ2n) is 6.80. The molecule has 2 aliphatic rings. The highest BCUT2D eigenvalue weighted by atomic mass is 19.1. The van der Waals surface area contributed by atoms with E-state index < -0.39 is 17.8 Å². The summed E-state index contributed by atoms with van der Waals surface area (Å²) < 4.78 is 30.0. The van der Waals surface area contributed by atoms with Gasteiger partial charge in [0.05, 0.1) is 39.5 Å². The first-order chi connectivity index (χ1) is 11.4. The van der Waals surface area contributed by atoms with Crippen LogP contribution in [0.3, 0.4) is 0 Å². The van der Waals surface area contributed by atoms with Crippen LogP contribution in [0, 0.1) is 0 Å². The Bertz CT molecular complexity index is 623. The van der Waals surface area contributed by atoms with Crippen molar-refractivity contribution in [2.75, 3.05) is 26.9 Å². The third-order valence-electron chi connectivity index (χ3n) is 4.20. The summed E-state index contributed by atoms with van der Waals surface area (Å²) in [5.41, 5.74) is 0.312. The molecule has 0 aromatic heterocycles. The van der Waals surface area contributed by atoms with Gasteiger partial charge in [0.2, 0.25) is 0 Å². The number of ether oxygens (including phenoxy) is 3. The Labute approximate surface area is 140 Å². The van der Waals surface area contributed by atoms with E-state index in [4.69, 9.17) is 14.2 Å². The van der Waals surface area contributed by atoms with Gasteiger partial charge in [-0.3, -0.25) is 0 Å². The minimum Gasteiger partial charge on any atom is -0.497 e. The second kappa shape index (κ2) is 6.47. The Hall–Kier alpha value is -2.02. The molecule has 3 rings (SSSR count). The predicted molar refractivity (Wildman–Crippen MR) is 86.1 cm³/mol. The molecule has 1 aromatic rings. The molecule has 7 heteroatoms. The average molecular weight is 338 g/mol. The molecule has 0 spiro atoms. The lowest BCUT2D eigenvalue weighted by Gasteiger charge is -2.30. The van der Waals surface area contributed by atoms with E-state index in [9.17, 15) is 9.18 Å². The summed E-state index contributed by atoms with van der Waals surface area (Å²) in [5.74, 6) is 1.40. The van der Waals surface area contributed by atoms with Crippen molar-refractivity contribution in [2.45, 2.75) is 38.2 Å². The van der Waals surface area contributed by atoms with E-state index in [0.29, 0.717) is 24.6 Å². The number of alkyl halides is 1. The first-order valence-corrected chi connectivity index (χ1v) is 8.01. The molecule has 0 aliphatic carbocycles. The number of nitrogens with zero attached hydrogens (tertiary/aromatic N) is 1. The molecule has 1 fully saturated rings. The Morgan fingerprint density at radius 2 is 2.21 bits per heavy atom. The van der Waals surface area contributed by atoms with Gasteiger partial charge in [0.25, 0.3) is 0 Å². The summed E-state index contributed by atoms with van der Waals surface area (Å²) in [6, 6.07) is 4.63. The van der Waals surface area contributed by atoms with Crippen molar-refractivity contribution < 1.29 is 23.4 Å². The summed E-state index contributed by atoms with van der Waals surface area (Å²) >= 11 is 0. The van der Waals surface area contributed by atoms with Gasteiger partial charge in [-0.25, -0.2) is 9.18 Å². The van der Waals surface area contributed by atoms with Crippen LogP contribution < -0.4 is 14.8 Å². The minimum atomic E-state index is -1.17. The van der Waals surface area contributed by atoms with Gasteiger partial charge in [0, 0.05) is 11.6 Å². The zero-order valence-corrected chi connectivity index (χ0v) is 14.2. The van der Waals surface area contributed by atoms with Crippen LogP contribution in [0.25, 0.3) is 0 Å². The van der Waals surface area contributed by atoms with Crippen LogP contribution in [0.5, 0.6) is 11.5 Å². The largest absolute Gasteiger partial charge is 0.497 e. The fourth-order valence-electron chi connectivity index (χ4n) is 2.99. The van der Waals surface area contributed by atoms with Gasteiger partial charge >= 0.3 is 6.03 Å². The maximum Gasteiger partial charge on any atom is 0.318 e. The summed E-state index contributed by atoms with van der Waals surface area (Å²) in [4.78, 5) is 14.2. The highest BCUT2D eigenvalue weighted by Crippen LogP contribution is 2.32. The SMILES string of the molecule is COc1ccc2c(c1)OC(C)(C)CN(C(=O)N[C@@H]1COC[C@H]1F)C2. The van der Waals surface area contributed by atoms with E-state index in [1.54, 1.807) is 12.0 Å². The number of rotatable bonds is 2. The molecule has 2 heterocycles. The fraction of sp³-hybridized carbons (Fsp3) is 0.588. The van der Waals surface area contributed by atoms with Gasteiger partial charge in [0.1, 0.15) is 23.3 Å². The summed E-state index contributed by atoms with van der Waals surface area (Å²) in [7, 11) is 1.60. The number of nitrogens with one attached hydrogen (secondary N) is 1. The van der Waals surface area contributed by atoms with E-state index >= 15 is 0 Å². The van der Waals surface area contributed by atoms with Gasteiger partial charge in [-0.05, 0) is 26.0 Å². The van der Waals surface area contributed by atoms with Crippen LogP contribution in [0.1, 0.15) is 19.4 Å². The van der Waals surface area contributed by atoms with Crippen LogP contribution in [0.2, 0.25) is 0 Å². The lowest BCUT2D eigenvalue weighted by Crippen LogP contribution is -2.51. The maximum absolute atomic E-state index is 13.7. The molecule has 0 radical (unpaired) electrons. The molecular weight excluding hydrogens is 315 g/mol. The zero-order chi connectivity index (χ0) is 17.3. The molecule has 132 valence electrons. The van der Waals surface area contributed by atoms with Gasteiger partial charge in [-0.15, -0.1) is 0 Å². The quantitative estimate of drug-likeness (QED) is 0.897. The molecule has 0 unspecified atom stereocenters. The lowest BCUT2D eigenvalue weighted by molar-refractivity contribution is 0.0793. The first-order valence-electron chi connectivity index (χ1n) is 8.01. The number of fused-ring (bicyclic) bond motifs is 1. The van der Waals surface area contributed by atoms with E-state index in [1.807, 2.05) is 32.0 Å². The normalized spacial score (nSPS) is 25.4. The van der Waals surface area contributed by atoms with Crippen molar-refractivity contribution in [1.29, 1.82) is 0 Å². The van der Waals surface area contributed by atoms with Crippen molar-refractivity contribution >= 4 is 6.03 Å². The van der Waals surface area contributed by atoms with Crippen LogP contribution >= 0.6 is 0 Å². The number of hydrogen-bond donors (Lipinski definition) is 1. The molecule has 1 N–H and O–H groups in total. The highest BCUT2D eigenvalue weighted by Gasteiger charge is 2.35. The van der Waals surface area contributed by atoms with E-state index in [2.05, 4.69) is 5.32 Å². The van der Waals surface area contributed by atoms with Crippen molar-refractivity contribution in [2.24, 2.45) is 0 Å². The third kappa shape index (κ3) is 3.56. The Kier molecular flexibility index (Phi) is 4.54. The number of urea groups is 1. The Balaban J connectivity index is 1.79. The average Bonchev–Trinajstić information content (AvgIpc) is 2.86. The molecule has 0 saturated carbocycles. The van der Waals surface area contributed by atoms with Gasteiger partial charge < -0.3 is 24.4 Å². The Morgan fingerprint density at radius 3 is 2.88 bits per heavy atom. The van der Waals surface area contributed by atoms with E-state index in [0.717, 1.165) is 5.56 Å². The van der Waals surface area contributed by atoms with Crippen LogP contribution in [-0.2, 0) is 11.3 Å². The van der Waals surface area contributed by atoms with Crippen LogP contribution in [-0.4, -0.2) is 55.6 Å². The molecule has 1 saturated heterocycles. The van der Waals surface area contributed by atoms with Gasteiger partial charge in [0.15, 0.2) is 0 Å². The minimum absolute atomic E-state index is 0.0299. The first kappa shape index (κ1) is 16.8. The molecule has 24 heavy (non-hydrogen) atoms. The predicted octanol–water partition coefficient (Wildman–Crippen LogP) is 2.11. The topological polar surface area (TPSA) is 60.0 Å². The third-order valence-corrected chi connectivity index (χ3v) is 4.20. The number of hydrogen-bond acceptors (Lipinski definition) is 4. The summed E-state index contributed by atoms with van der Waals surface area (Å²) in [6.07, 6.45) is -1.17. The number of amides is 2. The van der Waals surface area contributed by atoms with Crippen molar-refractivity contribution in [1.82, 2.24) is 10.2 Å². The smallest absolute Gasteiger partial charge is 0.318 e. The molecule has 2 atom stereocenters. The number of methoxy groups -OCH3 is 1. The zero-order valence-electron chi connectivity index (χ0n) is 14.2. The molecule has 1 aromatic carbocycles. The molecule has 0 bridgehead atoms. The number of carbonyl (C=O) groups is 1. The molecule has 2 aliphatic heterocycles. The molecular formula is C17H23FN2O4.